The van der Waals surface area contributed by atoms with Gasteiger partial charge in [-0.15, -0.1) is 0 Å². The fourth-order valence-corrected chi connectivity index (χ4v) is 4.63. The fourth-order valence-electron chi connectivity index (χ4n) is 4.63. The van der Waals surface area contributed by atoms with Crippen molar-refractivity contribution < 1.29 is 9.47 Å². The summed E-state index contributed by atoms with van der Waals surface area (Å²) in [5.74, 6) is 2.34. The van der Waals surface area contributed by atoms with Gasteiger partial charge in [0.05, 0.1) is 25.1 Å². The van der Waals surface area contributed by atoms with E-state index in [-0.39, 0.29) is 0 Å². The Morgan fingerprint density at radius 2 is 2.16 bits per heavy atom. The Balaban J connectivity index is 1.50. The average molecular weight is 341 g/mol. The van der Waals surface area contributed by atoms with Crippen LogP contribution in [0.1, 0.15) is 24.8 Å². The number of hydrogen-bond donors (Lipinski definition) is 1. The number of aromatic nitrogens is 2. The van der Waals surface area contributed by atoms with E-state index in [1.165, 1.54) is 31.4 Å². The molecule has 1 aliphatic heterocycles. The molecule has 5 nitrogen and oxygen atoms in total. The number of rotatable bonds is 5. The molecule has 134 valence electrons. The van der Waals surface area contributed by atoms with Gasteiger partial charge in [0, 0.05) is 43.8 Å². The molecule has 5 heteroatoms. The number of H-pyrrole nitrogens is 1. The van der Waals surface area contributed by atoms with E-state index in [1.54, 1.807) is 7.11 Å². The minimum Gasteiger partial charge on any atom is -0.497 e. The van der Waals surface area contributed by atoms with Crippen molar-refractivity contribution in [3.05, 3.63) is 36.0 Å². The van der Waals surface area contributed by atoms with Crippen molar-refractivity contribution in [2.24, 2.45) is 11.8 Å². The standard InChI is InChI=1S/C20H27N3O2/c1-24-17-7-3-5-14(9-17)20-16(10-21-22-20)12-23-11-15-6-4-8-19(25-2)18(15)13-23/h3,5,7,9-10,15,18-19H,4,6,8,11-13H2,1-2H3,(H,21,22). The Hall–Kier alpha value is -1.85. The number of ether oxygens (including phenoxy) is 2. The van der Waals surface area contributed by atoms with Gasteiger partial charge in [-0.2, -0.15) is 5.10 Å². The maximum Gasteiger partial charge on any atom is 0.119 e. The van der Waals surface area contributed by atoms with Gasteiger partial charge >= 0.3 is 0 Å². The van der Waals surface area contributed by atoms with E-state index < -0.39 is 0 Å². The van der Waals surface area contributed by atoms with Crippen LogP contribution in [0.15, 0.2) is 30.5 Å². The molecule has 4 rings (SSSR count). The van der Waals surface area contributed by atoms with Crippen molar-refractivity contribution >= 4 is 0 Å². The molecule has 2 aromatic rings. The summed E-state index contributed by atoms with van der Waals surface area (Å²) in [6.07, 6.45) is 6.26. The Kier molecular flexibility index (Phi) is 4.77. The molecule has 3 unspecified atom stereocenters. The van der Waals surface area contributed by atoms with Gasteiger partial charge < -0.3 is 9.47 Å². The second-order valence-electron chi connectivity index (χ2n) is 7.33. The SMILES string of the molecule is COc1cccc(-c2[nH]ncc2CN2CC3CCCC(OC)C3C2)c1. The summed E-state index contributed by atoms with van der Waals surface area (Å²) in [4.78, 5) is 2.57. The lowest BCUT2D eigenvalue weighted by molar-refractivity contribution is 0.0125. The van der Waals surface area contributed by atoms with Crippen LogP contribution in [0.2, 0.25) is 0 Å². The fraction of sp³-hybridized carbons (Fsp3) is 0.550. The zero-order valence-electron chi connectivity index (χ0n) is 15.1. The summed E-state index contributed by atoms with van der Waals surface area (Å²) in [6.45, 7) is 3.24. The van der Waals surface area contributed by atoms with Crippen LogP contribution in [-0.4, -0.2) is 48.5 Å². The molecule has 1 aromatic carbocycles. The lowest BCUT2D eigenvalue weighted by Gasteiger charge is -2.31. The van der Waals surface area contributed by atoms with Gasteiger partial charge in [-0.05, 0) is 30.9 Å². The highest BCUT2D eigenvalue weighted by molar-refractivity contribution is 5.64. The quantitative estimate of drug-likeness (QED) is 0.906. The van der Waals surface area contributed by atoms with E-state index in [4.69, 9.17) is 9.47 Å². The number of aromatic amines is 1. The van der Waals surface area contributed by atoms with Crippen LogP contribution < -0.4 is 4.74 Å². The lowest BCUT2D eigenvalue weighted by atomic mass is 9.79. The van der Waals surface area contributed by atoms with Gasteiger partial charge in [0.25, 0.3) is 0 Å². The van der Waals surface area contributed by atoms with Crippen molar-refractivity contribution in [1.82, 2.24) is 15.1 Å². The van der Waals surface area contributed by atoms with E-state index in [9.17, 15) is 0 Å². The summed E-state index contributed by atoms with van der Waals surface area (Å²) in [5, 5.41) is 7.47. The highest BCUT2D eigenvalue weighted by Crippen LogP contribution is 2.38. The Morgan fingerprint density at radius 3 is 3.00 bits per heavy atom. The third kappa shape index (κ3) is 3.31. The van der Waals surface area contributed by atoms with E-state index >= 15 is 0 Å². The molecule has 1 N–H and O–H groups in total. The molecule has 1 saturated heterocycles. The molecule has 2 heterocycles. The summed E-state index contributed by atoms with van der Waals surface area (Å²) < 4.78 is 11.1. The maximum absolute atomic E-state index is 5.75. The minimum atomic E-state index is 0.436. The zero-order valence-corrected chi connectivity index (χ0v) is 15.1. The van der Waals surface area contributed by atoms with Gasteiger partial charge in [0.15, 0.2) is 0 Å². The zero-order chi connectivity index (χ0) is 17.2. The van der Waals surface area contributed by atoms with Crippen LogP contribution in [0, 0.1) is 11.8 Å². The van der Waals surface area contributed by atoms with Crippen molar-refractivity contribution in [3.63, 3.8) is 0 Å². The molecule has 0 amide bonds. The Morgan fingerprint density at radius 1 is 1.24 bits per heavy atom. The smallest absolute Gasteiger partial charge is 0.119 e. The van der Waals surface area contributed by atoms with Crippen molar-refractivity contribution in [2.75, 3.05) is 27.3 Å². The largest absolute Gasteiger partial charge is 0.497 e. The molecule has 0 radical (unpaired) electrons. The van der Waals surface area contributed by atoms with Gasteiger partial charge in [0.2, 0.25) is 0 Å². The maximum atomic E-state index is 5.75. The van der Waals surface area contributed by atoms with Crippen LogP contribution in [-0.2, 0) is 11.3 Å². The van der Waals surface area contributed by atoms with Crippen molar-refractivity contribution in [1.29, 1.82) is 0 Å². The molecule has 0 spiro atoms. The molecule has 2 fully saturated rings. The molecule has 1 aliphatic carbocycles. The highest BCUT2D eigenvalue weighted by Gasteiger charge is 2.40. The topological polar surface area (TPSA) is 50.4 Å². The van der Waals surface area contributed by atoms with Crippen molar-refractivity contribution in [2.45, 2.75) is 31.9 Å². The summed E-state index contributed by atoms with van der Waals surface area (Å²) in [5.41, 5.74) is 3.47. The predicted octanol–water partition coefficient (Wildman–Crippen LogP) is 3.33. The van der Waals surface area contributed by atoms with Crippen LogP contribution in [0.4, 0.5) is 0 Å². The van der Waals surface area contributed by atoms with E-state index in [0.29, 0.717) is 12.0 Å². The minimum absolute atomic E-state index is 0.436. The highest BCUT2D eigenvalue weighted by atomic mass is 16.5. The number of hydrogen-bond acceptors (Lipinski definition) is 4. The summed E-state index contributed by atoms with van der Waals surface area (Å²) >= 11 is 0. The molecule has 1 saturated carbocycles. The number of nitrogens with zero attached hydrogens (tertiary/aromatic N) is 2. The van der Waals surface area contributed by atoms with E-state index in [1.807, 2.05) is 25.4 Å². The number of benzene rings is 1. The first-order valence-electron chi connectivity index (χ1n) is 9.20. The predicted molar refractivity (Wildman–Crippen MR) is 97.5 cm³/mol. The van der Waals surface area contributed by atoms with Gasteiger partial charge in [-0.25, -0.2) is 0 Å². The van der Waals surface area contributed by atoms with Crippen LogP contribution in [0.5, 0.6) is 5.75 Å². The van der Waals surface area contributed by atoms with Gasteiger partial charge in [0.1, 0.15) is 5.75 Å². The normalized spacial score (nSPS) is 26.6. The number of methoxy groups -OCH3 is 2. The molecule has 3 atom stereocenters. The van der Waals surface area contributed by atoms with Crippen molar-refractivity contribution in [3.8, 4) is 17.0 Å². The first-order chi connectivity index (χ1) is 12.3. The molecule has 25 heavy (non-hydrogen) atoms. The third-order valence-electron chi connectivity index (χ3n) is 5.88. The average Bonchev–Trinajstić information content (AvgIpc) is 3.28. The molecular weight excluding hydrogens is 314 g/mol. The van der Waals surface area contributed by atoms with Gasteiger partial charge in [-0.3, -0.25) is 10.00 Å². The lowest BCUT2D eigenvalue weighted by Crippen LogP contribution is -2.33. The first kappa shape index (κ1) is 16.6. The second kappa shape index (κ2) is 7.18. The number of nitrogens with one attached hydrogen (secondary N) is 1. The number of fused-ring (bicyclic) bond motifs is 1. The van der Waals surface area contributed by atoms with Gasteiger partial charge in [-0.1, -0.05) is 18.6 Å². The molecule has 2 aliphatic rings. The molecule has 1 aromatic heterocycles. The first-order valence-corrected chi connectivity index (χ1v) is 9.20. The van der Waals surface area contributed by atoms with Crippen LogP contribution in [0.25, 0.3) is 11.3 Å². The Bertz CT molecular complexity index is 714. The summed E-state index contributed by atoms with van der Waals surface area (Å²) in [7, 11) is 3.57. The van der Waals surface area contributed by atoms with E-state index in [0.717, 1.165) is 36.0 Å². The van der Waals surface area contributed by atoms with Crippen LogP contribution in [0.3, 0.4) is 0 Å². The Labute approximate surface area is 149 Å². The second-order valence-corrected chi connectivity index (χ2v) is 7.33. The molecular formula is C20H27N3O2. The monoisotopic (exact) mass is 341 g/mol. The molecule has 0 bridgehead atoms. The van der Waals surface area contributed by atoms with E-state index in [2.05, 4.69) is 27.2 Å². The number of likely N-dealkylation sites (tertiary alicyclic amines) is 1. The third-order valence-corrected chi connectivity index (χ3v) is 5.88. The summed E-state index contributed by atoms with van der Waals surface area (Å²) in [6, 6.07) is 8.15. The van der Waals surface area contributed by atoms with Crippen LogP contribution >= 0.6 is 0 Å².